The predicted molar refractivity (Wildman–Crippen MR) is 60.7 cm³/mol. The first-order valence-electron chi connectivity index (χ1n) is 5.03. The van der Waals surface area contributed by atoms with Crippen molar-refractivity contribution in [3.05, 3.63) is 48.8 Å². The van der Waals surface area contributed by atoms with Crippen molar-refractivity contribution in [2.45, 2.75) is 0 Å². The van der Waals surface area contributed by atoms with Crippen molar-refractivity contribution >= 4 is 17.3 Å². The van der Waals surface area contributed by atoms with Crippen molar-refractivity contribution in [2.75, 3.05) is 0 Å². The molecule has 2 aliphatic rings. The molecule has 4 heteroatoms. The number of aliphatic imine (C=N–C) groups is 1. The van der Waals surface area contributed by atoms with E-state index in [1.165, 1.54) is 6.08 Å². The SMILES string of the molecule is O=C1C=CC2C=C(n3cccn3)C=CC2=N1. The van der Waals surface area contributed by atoms with Gasteiger partial charge in [0.25, 0.3) is 5.91 Å². The summed E-state index contributed by atoms with van der Waals surface area (Å²) < 4.78 is 1.79. The summed E-state index contributed by atoms with van der Waals surface area (Å²) in [4.78, 5) is 15.0. The highest BCUT2D eigenvalue weighted by Gasteiger charge is 2.18. The molecule has 1 unspecified atom stereocenters. The smallest absolute Gasteiger partial charge is 0.267 e. The quantitative estimate of drug-likeness (QED) is 0.705. The molecule has 0 saturated carbocycles. The second-order valence-corrected chi connectivity index (χ2v) is 3.64. The van der Waals surface area contributed by atoms with Crippen LogP contribution in [-0.2, 0) is 4.79 Å². The highest BCUT2D eigenvalue weighted by Crippen LogP contribution is 2.21. The summed E-state index contributed by atoms with van der Waals surface area (Å²) in [5, 5.41) is 4.16. The van der Waals surface area contributed by atoms with Gasteiger partial charge in [-0.25, -0.2) is 9.67 Å². The van der Waals surface area contributed by atoms with Crippen molar-refractivity contribution in [1.82, 2.24) is 9.78 Å². The molecule has 1 aliphatic heterocycles. The van der Waals surface area contributed by atoms with Crippen LogP contribution in [0.2, 0.25) is 0 Å². The fourth-order valence-corrected chi connectivity index (χ4v) is 1.80. The summed E-state index contributed by atoms with van der Waals surface area (Å²) in [5.74, 6) is -0.103. The van der Waals surface area contributed by atoms with Gasteiger partial charge in [0.2, 0.25) is 0 Å². The number of rotatable bonds is 1. The van der Waals surface area contributed by atoms with E-state index in [-0.39, 0.29) is 11.8 Å². The van der Waals surface area contributed by atoms with Crippen LogP contribution in [0, 0.1) is 5.92 Å². The fraction of sp³-hybridized carbons (Fsp3) is 0.0833. The van der Waals surface area contributed by atoms with E-state index in [1.807, 2.05) is 36.6 Å². The Labute approximate surface area is 92.3 Å². The summed E-state index contributed by atoms with van der Waals surface area (Å²) >= 11 is 0. The molecule has 2 heterocycles. The second-order valence-electron chi connectivity index (χ2n) is 3.64. The molecular formula is C12H9N3O. The molecule has 1 aliphatic carbocycles. The Balaban J connectivity index is 1.98. The highest BCUT2D eigenvalue weighted by molar-refractivity contribution is 6.12. The van der Waals surface area contributed by atoms with Crippen LogP contribution in [0.4, 0.5) is 0 Å². The lowest BCUT2D eigenvalue weighted by molar-refractivity contribution is -0.113. The van der Waals surface area contributed by atoms with Gasteiger partial charge in [-0.3, -0.25) is 4.79 Å². The van der Waals surface area contributed by atoms with Crippen molar-refractivity contribution in [3.8, 4) is 0 Å². The Kier molecular flexibility index (Phi) is 1.93. The van der Waals surface area contributed by atoms with E-state index in [0.717, 1.165) is 11.4 Å². The third-order valence-electron chi connectivity index (χ3n) is 2.57. The second kappa shape index (κ2) is 3.41. The van der Waals surface area contributed by atoms with E-state index in [0.29, 0.717) is 0 Å². The van der Waals surface area contributed by atoms with Gasteiger partial charge in [-0.05, 0) is 24.3 Å². The van der Waals surface area contributed by atoms with Crippen LogP contribution in [0.3, 0.4) is 0 Å². The van der Waals surface area contributed by atoms with Gasteiger partial charge >= 0.3 is 0 Å². The molecule has 0 fully saturated rings. The lowest BCUT2D eigenvalue weighted by atomic mass is 9.94. The van der Waals surface area contributed by atoms with Crippen LogP contribution < -0.4 is 0 Å². The zero-order valence-electron chi connectivity index (χ0n) is 8.45. The Bertz CT molecular complexity index is 547. The number of hydrogen-bond donors (Lipinski definition) is 0. The standard InChI is InChI=1S/C12H9N3O/c16-12-5-2-9-8-10(3-4-11(9)14-12)15-7-1-6-13-15/h1-9H. The first kappa shape index (κ1) is 9.03. The number of aromatic nitrogens is 2. The average molecular weight is 211 g/mol. The molecule has 4 nitrogen and oxygen atoms in total. The molecule has 3 rings (SSSR count). The molecular weight excluding hydrogens is 202 g/mol. The van der Waals surface area contributed by atoms with Crippen LogP contribution in [-0.4, -0.2) is 21.4 Å². The molecule has 0 spiro atoms. The summed E-state index contributed by atoms with van der Waals surface area (Å²) in [6, 6.07) is 1.87. The molecule has 0 N–H and O–H groups in total. The fourth-order valence-electron chi connectivity index (χ4n) is 1.80. The molecule has 1 atom stereocenters. The number of carbonyl (C=O) groups excluding carboxylic acids is 1. The van der Waals surface area contributed by atoms with Crippen LogP contribution in [0.25, 0.3) is 5.70 Å². The molecule has 0 radical (unpaired) electrons. The molecule has 0 saturated heterocycles. The summed E-state index contributed by atoms with van der Waals surface area (Å²) in [6.45, 7) is 0. The van der Waals surface area contributed by atoms with Gasteiger partial charge in [-0.15, -0.1) is 0 Å². The molecule has 78 valence electrons. The van der Waals surface area contributed by atoms with Crippen molar-refractivity contribution in [1.29, 1.82) is 0 Å². The maximum absolute atomic E-state index is 11.1. The van der Waals surface area contributed by atoms with Gasteiger partial charge in [0.1, 0.15) is 0 Å². The summed E-state index contributed by atoms with van der Waals surface area (Å²) in [7, 11) is 0. The van der Waals surface area contributed by atoms with E-state index in [1.54, 1.807) is 10.9 Å². The Morgan fingerprint density at radius 3 is 3.00 bits per heavy atom. The maximum atomic E-state index is 11.1. The number of allylic oxidation sites excluding steroid dienone is 5. The van der Waals surface area contributed by atoms with Gasteiger partial charge in [0.05, 0.1) is 11.4 Å². The van der Waals surface area contributed by atoms with E-state index < -0.39 is 0 Å². The van der Waals surface area contributed by atoms with Crippen molar-refractivity contribution in [2.24, 2.45) is 10.9 Å². The molecule has 1 aromatic heterocycles. The number of dihydropyridines is 1. The third-order valence-corrected chi connectivity index (χ3v) is 2.57. The van der Waals surface area contributed by atoms with Crippen LogP contribution in [0.15, 0.2) is 53.8 Å². The highest BCUT2D eigenvalue weighted by atomic mass is 16.1. The van der Waals surface area contributed by atoms with Crippen LogP contribution in [0.5, 0.6) is 0 Å². The molecule has 1 amide bonds. The number of hydrogen-bond acceptors (Lipinski definition) is 2. The van der Waals surface area contributed by atoms with Gasteiger partial charge in [-0.1, -0.05) is 6.08 Å². The maximum Gasteiger partial charge on any atom is 0.269 e. The van der Waals surface area contributed by atoms with Crippen LogP contribution in [0.1, 0.15) is 0 Å². The summed E-state index contributed by atoms with van der Waals surface area (Å²) in [6.07, 6.45) is 12.8. The zero-order chi connectivity index (χ0) is 11.0. The van der Waals surface area contributed by atoms with Gasteiger partial charge in [0.15, 0.2) is 0 Å². The zero-order valence-corrected chi connectivity index (χ0v) is 8.45. The van der Waals surface area contributed by atoms with Gasteiger partial charge in [0, 0.05) is 24.4 Å². The first-order chi connectivity index (χ1) is 7.83. The number of carbonyl (C=O) groups is 1. The minimum atomic E-state index is -0.188. The molecule has 16 heavy (non-hydrogen) atoms. The third kappa shape index (κ3) is 1.44. The van der Waals surface area contributed by atoms with Crippen molar-refractivity contribution < 1.29 is 4.79 Å². The van der Waals surface area contributed by atoms with Crippen LogP contribution >= 0.6 is 0 Å². The average Bonchev–Trinajstić information content (AvgIpc) is 2.82. The minimum Gasteiger partial charge on any atom is -0.267 e. The Morgan fingerprint density at radius 1 is 1.25 bits per heavy atom. The number of fused-ring (bicyclic) bond motifs is 1. The number of amides is 1. The molecule has 0 aromatic carbocycles. The predicted octanol–water partition coefficient (Wildman–Crippen LogP) is 1.45. The lowest BCUT2D eigenvalue weighted by Crippen LogP contribution is -2.18. The molecule has 1 aromatic rings. The number of nitrogens with zero attached hydrogens (tertiary/aromatic N) is 3. The Hall–Kier alpha value is -2.23. The van der Waals surface area contributed by atoms with Gasteiger partial charge < -0.3 is 0 Å². The molecule has 0 bridgehead atoms. The van der Waals surface area contributed by atoms with Gasteiger partial charge in [-0.2, -0.15) is 5.10 Å². The van der Waals surface area contributed by atoms with Crippen molar-refractivity contribution in [3.63, 3.8) is 0 Å². The Morgan fingerprint density at radius 2 is 2.19 bits per heavy atom. The van der Waals surface area contributed by atoms with E-state index in [4.69, 9.17) is 0 Å². The van der Waals surface area contributed by atoms with E-state index >= 15 is 0 Å². The lowest BCUT2D eigenvalue weighted by Gasteiger charge is -2.17. The largest absolute Gasteiger partial charge is 0.269 e. The van der Waals surface area contributed by atoms with E-state index in [2.05, 4.69) is 10.1 Å². The first-order valence-corrected chi connectivity index (χ1v) is 5.03. The van der Waals surface area contributed by atoms with E-state index in [9.17, 15) is 4.79 Å². The monoisotopic (exact) mass is 211 g/mol. The summed E-state index contributed by atoms with van der Waals surface area (Å²) in [5.41, 5.74) is 1.79. The topological polar surface area (TPSA) is 47.2 Å². The minimum absolute atomic E-state index is 0.0851. The normalized spacial score (nSPS) is 22.8.